The monoisotopic (exact) mass is 290 g/mol. The zero-order chi connectivity index (χ0) is 13.7. The molecule has 4 heteroatoms. The van der Waals surface area contributed by atoms with E-state index in [9.17, 15) is 0 Å². The normalized spacial score (nSPS) is 10.0. The highest BCUT2D eigenvalue weighted by Crippen LogP contribution is 2.20. The molecule has 2 aromatic carbocycles. The van der Waals surface area contributed by atoms with Gasteiger partial charge in [-0.2, -0.15) is 0 Å². The van der Waals surface area contributed by atoms with E-state index in [1.807, 2.05) is 36.4 Å². The van der Waals surface area contributed by atoms with Gasteiger partial charge in [-0.05, 0) is 48.5 Å². The summed E-state index contributed by atoms with van der Waals surface area (Å²) in [6.07, 6.45) is 1.00. The molecule has 2 nitrogen and oxygen atoms in total. The molecule has 0 aromatic heterocycles. The van der Waals surface area contributed by atoms with Crippen molar-refractivity contribution in [1.82, 2.24) is 0 Å². The van der Waals surface area contributed by atoms with Gasteiger partial charge in [-0.3, -0.25) is 0 Å². The van der Waals surface area contributed by atoms with E-state index in [1.54, 1.807) is 0 Å². The van der Waals surface area contributed by atoms with Gasteiger partial charge in [-0.1, -0.05) is 42.8 Å². The van der Waals surface area contributed by atoms with Gasteiger partial charge in [0.2, 0.25) is 0 Å². The lowest BCUT2D eigenvalue weighted by atomic mass is 10.1. The highest BCUT2D eigenvalue weighted by molar-refractivity contribution is 7.80. The summed E-state index contributed by atoms with van der Waals surface area (Å²) in [5.74, 6) is 0. The number of nitrogens with one attached hydrogen (secondary N) is 2. The molecule has 0 fully saturated rings. The van der Waals surface area contributed by atoms with Gasteiger partial charge in [0.1, 0.15) is 0 Å². The van der Waals surface area contributed by atoms with Crippen LogP contribution in [0.15, 0.2) is 48.5 Å². The molecule has 2 rings (SSSR count). The van der Waals surface area contributed by atoms with Gasteiger partial charge in [0.25, 0.3) is 0 Å². The fourth-order valence-electron chi connectivity index (χ4n) is 1.72. The molecule has 2 N–H and O–H groups in total. The summed E-state index contributed by atoms with van der Waals surface area (Å²) < 4.78 is 0. The SMILES string of the molecule is CCc1cccc(NC(=S)Nc2ccccc2Cl)c1. The number of benzene rings is 2. The van der Waals surface area contributed by atoms with Crippen molar-refractivity contribution < 1.29 is 0 Å². The van der Waals surface area contributed by atoms with Crippen LogP contribution in [0.1, 0.15) is 12.5 Å². The lowest BCUT2D eigenvalue weighted by molar-refractivity contribution is 1.14. The molecule has 0 saturated carbocycles. The molecule has 0 aliphatic rings. The minimum Gasteiger partial charge on any atom is -0.332 e. The van der Waals surface area contributed by atoms with E-state index < -0.39 is 0 Å². The van der Waals surface area contributed by atoms with E-state index >= 15 is 0 Å². The number of halogens is 1. The highest BCUT2D eigenvalue weighted by Gasteiger charge is 2.02. The maximum atomic E-state index is 6.07. The summed E-state index contributed by atoms with van der Waals surface area (Å²) in [6.45, 7) is 2.12. The Balaban J connectivity index is 2.03. The lowest BCUT2D eigenvalue weighted by Gasteiger charge is -2.12. The summed E-state index contributed by atoms with van der Waals surface area (Å²) in [5.41, 5.74) is 3.04. The van der Waals surface area contributed by atoms with E-state index in [0.29, 0.717) is 10.1 Å². The average Bonchev–Trinajstić information content (AvgIpc) is 2.41. The minimum absolute atomic E-state index is 0.529. The van der Waals surface area contributed by atoms with Crippen molar-refractivity contribution in [3.8, 4) is 0 Å². The van der Waals surface area contributed by atoms with Crippen LogP contribution in [0.3, 0.4) is 0 Å². The Morgan fingerprint density at radius 3 is 2.63 bits per heavy atom. The molecule has 19 heavy (non-hydrogen) atoms. The van der Waals surface area contributed by atoms with Crippen LogP contribution in [-0.2, 0) is 6.42 Å². The molecule has 0 spiro atoms. The number of anilines is 2. The van der Waals surface area contributed by atoms with Crippen LogP contribution >= 0.6 is 23.8 Å². The fraction of sp³-hybridized carbons (Fsp3) is 0.133. The Bertz CT molecular complexity index is 584. The molecule has 0 heterocycles. The zero-order valence-electron chi connectivity index (χ0n) is 10.6. The van der Waals surface area contributed by atoms with Gasteiger partial charge in [0.15, 0.2) is 5.11 Å². The molecule has 0 atom stereocenters. The van der Waals surface area contributed by atoms with Crippen LogP contribution in [0.5, 0.6) is 0 Å². The van der Waals surface area contributed by atoms with Gasteiger partial charge >= 0.3 is 0 Å². The summed E-state index contributed by atoms with van der Waals surface area (Å²) in [7, 11) is 0. The van der Waals surface area contributed by atoms with Crippen molar-refractivity contribution in [2.45, 2.75) is 13.3 Å². The van der Waals surface area contributed by atoms with Crippen molar-refractivity contribution in [3.05, 3.63) is 59.1 Å². The van der Waals surface area contributed by atoms with E-state index in [4.69, 9.17) is 23.8 Å². The van der Waals surface area contributed by atoms with Crippen molar-refractivity contribution in [1.29, 1.82) is 0 Å². The standard InChI is InChI=1S/C15H15ClN2S/c1-2-11-6-5-7-12(10-11)17-15(19)18-14-9-4-3-8-13(14)16/h3-10H,2H2,1H3,(H2,17,18,19). The summed E-state index contributed by atoms with van der Waals surface area (Å²) >= 11 is 11.3. The Morgan fingerprint density at radius 1 is 1.11 bits per heavy atom. The lowest BCUT2D eigenvalue weighted by Crippen LogP contribution is -2.19. The zero-order valence-corrected chi connectivity index (χ0v) is 12.2. The van der Waals surface area contributed by atoms with E-state index in [0.717, 1.165) is 17.8 Å². The fourth-order valence-corrected chi connectivity index (χ4v) is 2.13. The molecule has 0 saturated heterocycles. The van der Waals surface area contributed by atoms with Gasteiger partial charge < -0.3 is 10.6 Å². The number of hydrogen-bond donors (Lipinski definition) is 2. The second-order valence-electron chi connectivity index (χ2n) is 4.11. The van der Waals surface area contributed by atoms with Crippen LogP contribution in [0.4, 0.5) is 11.4 Å². The number of para-hydroxylation sites is 1. The number of thiocarbonyl (C=S) groups is 1. The maximum Gasteiger partial charge on any atom is 0.175 e. The third-order valence-electron chi connectivity index (χ3n) is 2.72. The molecule has 0 amide bonds. The topological polar surface area (TPSA) is 24.1 Å². The molecular formula is C15H15ClN2S. The predicted molar refractivity (Wildman–Crippen MR) is 87.1 cm³/mol. The Hall–Kier alpha value is -1.58. The van der Waals surface area contributed by atoms with Gasteiger partial charge in [0, 0.05) is 5.69 Å². The maximum absolute atomic E-state index is 6.07. The van der Waals surface area contributed by atoms with E-state index in [-0.39, 0.29) is 0 Å². The van der Waals surface area contributed by atoms with Crippen LogP contribution in [0.25, 0.3) is 0 Å². The van der Waals surface area contributed by atoms with Crippen molar-refractivity contribution in [2.24, 2.45) is 0 Å². The van der Waals surface area contributed by atoms with Crippen LogP contribution < -0.4 is 10.6 Å². The molecule has 0 bridgehead atoms. The van der Waals surface area contributed by atoms with Gasteiger partial charge in [0.05, 0.1) is 10.7 Å². The Kier molecular flexibility index (Phi) is 4.77. The molecule has 2 aromatic rings. The summed E-state index contributed by atoms with van der Waals surface area (Å²) in [5, 5.41) is 7.41. The van der Waals surface area contributed by atoms with E-state index in [1.165, 1.54) is 5.56 Å². The Morgan fingerprint density at radius 2 is 1.89 bits per heavy atom. The van der Waals surface area contributed by atoms with Crippen LogP contribution in [-0.4, -0.2) is 5.11 Å². The smallest absolute Gasteiger partial charge is 0.175 e. The minimum atomic E-state index is 0.529. The van der Waals surface area contributed by atoms with Crippen LogP contribution in [0.2, 0.25) is 5.02 Å². The largest absolute Gasteiger partial charge is 0.332 e. The predicted octanol–water partition coefficient (Wildman–Crippen LogP) is 4.71. The third-order valence-corrected chi connectivity index (χ3v) is 3.25. The molecule has 0 unspecified atom stereocenters. The van der Waals surface area contributed by atoms with E-state index in [2.05, 4.69) is 29.7 Å². The van der Waals surface area contributed by atoms with Crippen molar-refractivity contribution in [2.75, 3.05) is 10.6 Å². The summed E-state index contributed by atoms with van der Waals surface area (Å²) in [6, 6.07) is 15.7. The summed E-state index contributed by atoms with van der Waals surface area (Å²) in [4.78, 5) is 0. The van der Waals surface area contributed by atoms with Gasteiger partial charge in [-0.25, -0.2) is 0 Å². The molecule has 0 radical (unpaired) electrons. The molecule has 0 aliphatic heterocycles. The molecular weight excluding hydrogens is 276 g/mol. The number of aryl methyl sites for hydroxylation is 1. The van der Waals surface area contributed by atoms with Crippen molar-refractivity contribution >= 4 is 40.3 Å². The highest BCUT2D eigenvalue weighted by atomic mass is 35.5. The van der Waals surface area contributed by atoms with Crippen molar-refractivity contribution in [3.63, 3.8) is 0 Å². The van der Waals surface area contributed by atoms with Crippen LogP contribution in [0, 0.1) is 0 Å². The average molecular weight is 291 g/mol. The molecule has 98 valence electrons. The Labute approximate surface area is 123 Å². The third kappa shape index (κ3) is 3.94. The first-order valence-electron chi connectivity index (χ1n) is 6.10. The quantitative estimate of drug-likeness (QED) is 0.801. The first-order valence-corrected chi connectivity index (χ1v) is 6.89. The number of rotatable bonds is 3. The number of hydrogen-bond acceptors (Lipinski definition) is 1. The first kappa shape index (κ1) is 13.8. The molecule has 0 aliphatic carbocycles. The second-order valence-corrected chi connectivity index (χ2v) is 4.93. The second kappa shape index (κ2) is 6.55. The van der Waals surface area contributed by atoms with Gasteiger partial charge in [-0.15, -0.1) is 0 Å². The first-order chi connectivity index (χ1) is 9.19.